The first-order valence-corrected chi connectivity index (χ1v) is 38.1. The van der Waals surface area contributed by atoms with E-state index in [1.54, 1.807) is 24.4 Å². The van der Waals surface area contributed by atoms with E-state index in [0.717, 1.165) is 26.1 Å². The average Bonchev–Trinajstić information content (AvgIpc) is 3.41. The van der Waals surface area contributed by atoms with Gasteiger partial charge in [0, 0.05) is 31.7 Å². The molecule has 2 rings (SSSR count). The molecule has 1 N–H and O–H groups in total. The van der Waals surface area contributed by atoms with Gasteiger partial charge in [-0.2, -0.15) is 10.5 Å². The van der Waals surface area contributed by atoms with E-state index in [1.807, 2.05) is 6.07 Å². The van der Waals surface area contributed by atoms with Crippen molar-refractivity contribution in [1.29, 1.82) is 10.5 Å². The molecule has 0 spiro atoms. The van der Waals surface area contributed by atoms with Crippen LogP contribution >= 0.6 is 11.6 Å². The van der Waals surface area contributed by atoms with Gasteiger partial charge in [-0.25, -0.2) is 9.97 Å². The molecule has 0 aliphatic heterocycles. The minimum atomic E-state index is -1.91. The highest BCUT2D eigenvalue weighted by molar-refractivity contribution is 6.74. The van der Waals surface area contributed by atoms with Crippen LogP contribution in [0.15, 0.2) is 36.7 Å². The Hall–Kier alpha value is -2.40. The van der Waals surface area contributed by atoms with Gasteiger partial charge in [0.2, 0.25) is 5.88 Å². The predicted molar refractivity (Wildman–Crippen MR) is 340 cm³/mol. The number of nitrogens with zero attached hydrogens (tertiary/aromatic N) is 4. The Morgan fingerprint density at radius 3 is 1.15 bits per heavy atom. The van der Waals surface area contributed by atoms with Crippen molar-refractivity contribution < 1.29 is 28.2 Å². The van der Waals surface area contributed by atoms with E-state index in [9.17, 15) is 10.4 Å². The highest BCUT2D eigenvalue weighted by Gasteiger charge is 2.38. The number of aromatic nitrogens is 2. The Bertz CT molecular complexity index is 1800. The van der Waals surface area contributed by atoms with Gasteiger partial charge in [0.15, 0.2) is 16.6 Å². The summed E-state index contributed by atoms with van der Waals surface area (Å²) >= 11 is 5.46. The van der Waals surface area contributed by atoms with Gasteiger partial charge in [0.1, 0.15) is 11.3 Å². The SMILES string of the molecule is CCCCCCCCCCCCCCCCCCOC[C@@H](O)CO[Si](C)(C)C(C)(C)C.CCCCCCCCCCCCCCCCCCOC[C@H](CO[Si](C)(C)C(C)(C)C)Oc1cc(C#N)ccn1.N#Cc1ccnc(Cl)c1. The van der Waals surface area contributed by atoms with Crippen LogP contribution in [-0.2, 0) is 18.3 Å². The second kappa shape index (κ2) is 49.1. The lowest BCUT2D eigenvalue weighted by Crippen LogP contribution is -2.44. The molecular weight excluding hydrogens is 1040 g/mol. The first kappa shape index (κ1) is 76.6. The van der Waals surface area contributed by atoms with Gasteiger partial charge in [-0.1, -0.05) is 260 Å². The lowest BCUT2D eigenvalue weighted by molar-refractivity contribution is 0.00808. The van der Waals surface area contributed by atoms with Gasteiger partial charge >= 0.3 is 0 Å². The number of rotatable bonds is 46. The van der Waals surface area contributed by atoms with Crippen molar-refractivity contribution >= 4 is 28.2 Å². The molecule has 0 unspecified atom stereocenters. The van der Waals surface area contributed by atoms with Crippen LogP contribution in [0.2, 0.25) is 41.4 Å². The molecule has 2 aromatic rings. The molecule has 456 valence electrons. The quantitative estimate of drug-likeness (QED) is 0.0387. The van der Waals surface area contributed by atoms with Crippen molar-refractivity contribution in [3.8, 4) is 18.0 Å². The van der Waals surface area contributed by atoms with Crippen LogP contribution in [-0.4, -0.2) is 83.6 Å². The molecule has 0 amide bonds. The van der Waals surface area contributed by atoms with Gasteiger partial charge in [-0.3, -0.25) is 0 Å². The predicted octanol–water partition coefficient (Wildman–Crippen LogP) is 20.3. The normalized spacial score (nSPS) is 12.7. The fourth-order valence-electron chi connectivity index (χ4n) is 8.33. The maximum atomic E-state index is 10.1. The molecule has 2 atom stereocenters. The zero-order valence-electron chi connectivity index (χ0n) is 53.1. The van der Waals surface area contributed by atoms with Crippen LogP contribution in [0.3, 0.4) is 0 Å². The summed E-state index contributed by atoms with van der Waals surface area (Å²) in [5.74, 6) is 0.448. The third-order valence-corrected chi connectivity index (χ3v) is 25.0. The van der Waals surface area contributed by atoms with E-state index >= 15 is 0 Å². The molecule has 10 nitrogen and oxygen atoms in total. The van der Waals surface area contributed by atoms with Gasteiger partial charge < -0.3 is 28.2 Å². The summed E-state index contributed by atoms with van der Waals surface area (Å²) in [5, 5.41) is 28.3. The Kier molecular flexibility index (Phi) is 47.6. The zero-order chi connectivity index (χ0) is 58.9. The van der Waals surface area contributed by atoms with Crippen LogP contribution in [0, 0.1) is 22.7 Å². The summed E-state index contributed by atoms with van der Waals surface area (Å²) in [7, 11) is -3.68. The van der Waals surface area contributed by atoms with Gasteiger partial charge in [0.05, 0.1) is 55.8 Å². The van der Waals surface area contributed by atoms with Gasteiger partial charge in [0.25, 0.3) is 0 Å². The van der Waals surface area contributed by atoms with E-state index in [-0.39, 0.29) is 16.2 Å². The van der Waals surface area contributed by atoms with Crippen LogP contribution in [0.4, 0.5) is 0 Å². The highest BCUT2D eigenvalue weighted by Crippen LogP contribution is 2.37. The number of hydrogen-bond donors (Lipinski definition) is 1. The fraction of sp³-hybridized carbons (Fsp3) is 0.818. The number of nitriles is 2. The van der Waals surface area contributed by atoms with Gasteiger partial charge in [-0.15, -0.1) is 0 Å². The topological polar surface area (TPSA) is 140 Å². The summed E-state index contributed by atoms with van der Waals surface area (Å²) in [6.07, 6.45) is 46.4. The molecule has 2 heterocycles. The highest BCUT2D eigenvalue weighted by atomic mass is 35.5. The molecule has 0 saturated heterocycles. The minimum absolute atomic E-state index is 0.130. The van der Waals surface area contributed by atoms with Crippen molar-refractivity contribution in [3.63, 3.8) is 0 Å². The summed E-state index contributed by atoms with van der Waals surface area (Å²) < 4.78 is 30.2. The number of pyridine rings is 2. The first-order chi connectivity index (χ1) is 37.7. The Labute approximate surface area is 494 Å². The van der Waals surface area contributed by atoms with Crippen molar-refractivity contribution in [1.82, 2.24) is 9.97 Å². The zero-order valence-corrected chi connectivity index (χ0v) is 55.9. The largest absolute Gasteiger partial charge is 0.469 e. The number of unbranched alkanes of at least 4 members (excludes halogenated alkanes) is 30. The van der Waals surface area contributed by atoms with Gasteiger partial charge in [-0.05, 0) is 67.3 Å². The number of halogens is 1. The third kappa shape index (κ3) is 44.8. The van der Waals surface area contributed by atoms with E-state index in [4.69, 9.17) is 39.9 Å². The van der Waals surface area contributed by atoms with E-state index < -0.39 is 22.7 Å². The molecule has 0 fully saturated rings. The molecule has 79 heavy (non-hydrogen) atoms. The van der Waals surface area contributed by atoms with Crippen molar-refractivity contribution in [2.75, 3.05) is 39.6 Å². The van der Waals surface area contributed by atoms with Crippen molar-refractivity contribution in [2.45, 2.75) is 309 Å². The molecule has 0 saturated carbocycles. The minimum Gasteiger partial charge on any atom is -0.469 e. The number of ether oxygens (including phenoxy) is 3. The number of aliphatic hydroxyl groups is 1. The molecule has 0 radical (unpaired) electrons. The van der Waals surface area contributed by atoms with Crippen molar-refractivity contribution in [3.05, 3.63) is 52.9 Å². The third-order valence-electron chi connectivity index (χ3n) is 15.8. The smallest absolute Gasteiger partial charge is 0.214 e. The Balaban J connectivity index is 0.00000135. The van der Waals surface area contributed by atoms with E-state index in [1.165, 1.54) is 205 Å². The summed E-state index contributed by atoms with van der Waals surface area (Å²) in [5.41, 5.74) is 1.08. The fourth-order valence-corrected chi connectivity index (χ4v) is 10.6. The maximum absolute atomic E-state index is 10.1. The standard InChI is InChI=1S/C33H60N2O3Si.C27H58O3Si.C6H3ClN2/c1-7-8-9-10-11-12-13-14-15-16-17-18-19-20-21-22-25-36-28-31(29-37-39(5,6)33(2,3)4)38-32-26-30(27-34)23-24-35-32;1-7-8-9-10-11-12-13-14-15-16-17-18-19-20-21-22-23-29-24-26(28)25-30-31(5,6)27(2,3)4;7-6-3-5(4-8)1-2-9-6/h23-24,26,31H,7-22,25,28-29H2,1-6H3;26,28H,7-25H2,1-6H3;1-3H/t31-;26-;/m11./s1. The second-order valence-electron chi connectivity index (χ2n) is 25.3. The molecule has 0 aliphatic carbocycles. The molecule has 13 heteroatoms. The van der Waals surface area contributed by atoms with Crippen LogP contribution < -0.4 is 4.74 Å². The van der Waals surface area contributed by atoms with Crippen LogP contribution in [0.1, 0.15) is 272 Å². The lowest BCUT2D eigenvalue weighted by Gasteiger charge is -2.37. The average molecular weight is 1160 g/mol. The van der Waals surface area contributed by atoms with E-state index in [0.29, 0.717) is 48.6 Å². The molecule has 0 aromatic carbocycles. The van der Waals surface area contributed by atoms with Crippen LogP contribution in [0.25, 0.3) is 0 Å². The summed E-state index contributed by atoms with van der Waals surface area (Å²) in [6.45, 7) is 30.1. The number of hydrogen-bond acceptors (Lipinski definition) is 10. The summed E-state index contributed by atoms with van der Waals surface area (Å²) in [6, 6.07) is 10.6. The Morgan fingerprint density at radius 2 is 0.810 bits per heavy atom. The lowest BCUT2D eigenvalue weighted by atomic mass is 10.0. The first-order valence-electron chi connectivity index (χ1n) is 31.9. The second-order valence-corrected chi connectivity index (χ2v) is 35.3. The molecule has 2 aromatic heterocycles. The molecule has 0 bridgehead atoms. The number of aliphatic hydroxyl groups excluding tert-OH is 1. The maximum Gasteiger partial charge on any atom is 0.214 e. The molecule has 0 aliphatic rings. The molecular formula is C66H121ClN4O6Si2. The van der Waals surface area contributed by atoms with Crippen LogP contribution in [0.5, 0.6) is 5.88 Å². The van der Waals surface area contributed by atoms with Crippen molar-refractivity contribution in [2.24, 2.45) is 0 Å². The summed E-state index contributed by atoms with van der Waals surface area (Å²) in [4.78, 5) is 7.98. The van der Waals surface area contributed by atoms with E-state index in [2.05, 4.69) is 97.6 Å². The monoisotopic (exact) mass is 1160 g/mol. The Morgan fingerprint density at radius 1 is 0.481 bits per heavy atom.